The Morgan fingerprint density at radius 3 is 2.88 bits per heavy atom. The first-order valence-electron chi connectivity index (χ1n) is 9.33. The van der Waals surface area contributed by atoms with E-state index >= 15 is 0 Å². The number of anilines is 1. The van der Waals surface area contributed by atoms with E-state index in [-0.39, 0.29) is 12.0 Å². The van der Waals surface area contributed by atoms with Gasteiger partial charge in [0.25, 0.3) is 0 Å². The van der Waals surface area contributed by atoms with Crippen LogP contribution in [0, 0.1) is 11.3 Å². The summed E-state index contributed by atoms with van der Waals surface area (Å²) in [4.78, 5) is 14.2. The number of nitrogens with zero attached hydrogens (tertiary/aromatic N) is 4. The van der Waals surface area contributed by atoms with Crippen LogP contribution in [0.25, 0.3) is 10.2 Å². The van der Waals surface area contributed by atoms with Gasteiger partial charge >= 0.3 is 0 Å². The molecule has 3 aromatic rings. The third-order valence-electron chi connectivity index (χ3n) is 5.74. The van der Waals surface area contributed by atoms with Crippen molar-refractivity contribution in [3.05, 3.63) is 52.7 Å². The molecule has 2 aliphatic rings. The highest BCUT2D eigenvalue weighted by molar-refractivity contribution is 7.19. The topological polar surface area (TPSA) is 52.8 Å². The minimum atomic E-state index is -0.129. The molecule has 0 saturated carbocycles. The second-order valence-electron chi connectivity index (χ2n) is 7.16. The monoisotopic (exact) mass is 360 g/mol. The third kappa shape index (κ3) is 2.40. The summed E-state index contributed by atoms with van der Waals surface area (Å²) in [5, 5.41) is 11.2. The highest BCUT2D eigenvalue weighted by Crippen LogP contribution is 2.43. The molecule has 0 amide bonds. The average molecular weight is 360 g/mol. The van der Waals surface area contributed by atoms with Gasteiger partial charge in [0.15, 0.2) is 0 Å². The van der Waals surface area contributed by atoms with Crippen LogP contribution in [0.3, 0.4) is 0 Å². The van der Waals surface area contributed by atoms with Crippen molar-refractivity contribution in [3.8, 4) is 6.07 Å². The molecular formula is C21H20N4S. The van der Waals surface area contributed by atoms with Crippen molar-refractivity contribution in [2.45, 2.75) is 44.1 Å². The number of aryl methyl sites for hydroxylation is 2. The van der Waals surface area contributed by atoms with Gasteiger partial charge in [-0.2, -0.15) is 5.26 Å². The molecule has 4 nitrogen and oxygen atoms in total. The van der Waals surface area contributed by atoms with Crippen molar-refractivity contribution in [2.24, 2.45) is 0 Å². The Morgan fingerprint density at radius 2 is 2.04 bits per heavy atom. The zero-order chi connectivity index (χ0) is 17.5. The fraction of sp³-hybridized carbons (Fsp3) is 0.381. The zero-order valence-corrected chi connectivity index (χ0v) is 15.4. The first kappa shape index (κ1) is 15.8. The molecular weight excluding hydrogens is 340 g/mol. The van der Waals surface area contributed by atoms with Gasteiger partial charge in [0.05, 0.1) is 23.4 Å². The molecule has 1 aromatic carbocycles. The van der Waals surface area contributed by atoms with E-state index in [1.54, 1.807) is 6.33 Å². The number of fused-ring (bicyclic) bond motifs is 3. The van der Waals surface area contributed by atoms with Crippen LogP contribution >= 0.6 is 11.3 Å². The zero-order valence-electron chi connectivity index (χ0n) is 14.6. The van der Waals surface area contributed by atoms with Gasteiger partial charge in [0, 0.05) is 11.4 Å². The van der Waals surface area contributed by atoms with E-state index in [1.807, 2.05) is 29.5 Å². The minimum Gasteiger partial charge on any atom is -0.351 e. The Balaban J connectivity index is 1.60. The number of hydrogen-bond donors (Lipinski definition) is 0. The summed E-state index contributed by atoms with van der Waals surface area (Å²) in [5.41, 5.74) is 2.56. The molecule has 5 rings (SSSR count). The lowest BCUT2D eigenvalue weighted by molar-refractivity contribution is 0.608. The Morgan fingerprint density at radius 1 is 1.15 bits per heavy atom. The average Bonchev–Trinajstić information content (AvgIpc) is 3.38. The Hall–Kier alpha value is -2.45. The largest absolute Gasteiger partial charge is 0.351 e. The van der Waals surface area contributed by atoms with Gasteiger partial charge in [-0.3, -0.25) is 0 Å². The van der Waals surface area contributed by atoms with Gasteiger partial charge < -0.3 is 4.90 Å². The van der Waals surface area contributed by atoms with Crippen LogP contribution in [0.5, 0.6) is 0 Å². The summed E-state index contributed by atoms with van der Waals surface area (Å²) in [6, 6.07) is 12.9. The Kier molecular flexibility index (Phi) is 3.86. The molecule has 0 radical (unpaired) electrons. The number of benzene rings is 1. The van der Waals surface area contributed by atoms with Crippen LogP contribution in [0.1, 0.15) is 41.2 Å². The van der Waals surface area contributed by atoms with Crippen LogP contribution in [0.2, 0.25) is 0 Å². The predicted molar refractivity (Wildman–Crippen MR) is 105 cm³/mol. The summed E-state index contributed by atoms with van der Waals surface area (Å²) in [7, 11) is 0. The smallest absolute Gasteiger partial charge is 0.141 e. The molecule has 26 heavy (non-hydrogen) atoms. The van der Waals surface area contributed by atoms with E-state index < -0.39 is 0 Å². The summed E-state index contributed by atoms with van der Waals surface area (Å²) < 4.78 is 0. The molecule has 130 valence electrons. The SMILES string of the molecule is N#CC(c1ccccc1)C1CCCN1c1ncnc2sc3c(c12)CCC3. The van der Waals surface area contributed by atoms with Crippen LogP contribution in [-0.4, -0.2) is 22.6 Å². The van der Waals surface area contributed by atoms with Crippen molar-refractivity contribution in [2.75, 3.05) is 11.4 Å². The van der Waals surface area contributed by atoms with E-state index in [9.17, 15) is 5.26 Å². The minimum absolute atomic E-state index is 0.129. The molecule has 1 aliphatic carbocycles. The fourth-order valence-electron chi connectivity index (χ4n) is 4.57. The van der Waals surface area contributed by atoms with Gasteiger partial charge in [0.1, 0.15) is 17.0 Å². The summed E-state index contributed by atoms with van der Waals surface area (Å²) >= 11 is 1.83. The summed E-state index contributed by atoms with van der Waals surface area (Å²) in [5.74, 6) is 0.920. The van der Waals surface area contributed by atoms with Gasteiger partial charge in [0.2, 0.25) is 0 Å². The molecule has 0 N–H and O–H groups in total. The van der Waals surface area contributed by atoms with Crippen LogP contribution < -0.4 is 4.90 Å². The molecule has 2 atom stereocenters. The van der Waals surface area contributed by atoms with Crippen molar-refractivity contribution in [3.63, 3.8) is 0 Å². The maximum absolute atomic E-state index is 9.93. The first-order chi connectivity index (χ1) is 12.9. The number of aromatic nitrogens is 2. The van der Waals surface area contributed by atoms with Crippen molar-refractivity contribution >= 4 is 27.4 Å². The standard InChI is InChI=1S/C21H20N4S/c22-12-16(14-6-2-1-3-7-14)17-9-5-11-25(17)20-19-15-8-4-10-18(15)26-21(19)24-13-23-20/h1-3,6-7,13,16-17H,4-5,8-11H2. The Bertz CT molecular complexity index is 988. The van der Waals surface area contributed by atoms with Crippen LogP contribution in [0.15, 0.2) is 36.7 Å². The highest BCUT2D eigenvalue weighted by atomic mass is 32.1. The molecule has 2 aromatic heterocycles. The van der Waals surface area contributed by atoms with Gasteiger partial charge in [-0.1, -0.05) is 30.3 Å². The van der Waals surface area contributed by atoms with Crippen molar-refractivity contribution in [1.82, 2.24) is 9.97 Å². The van der Waals surface area contributed by atoms with E-state index in [0.717, 1.165) is 42.0 Å². The number of rotatable bonds is 3. The fourth-order valence-corrected chi connectivity index (χ4v) is 5.80. The molecule has 1 saturated heterocycles. The van der Waals surface area contributed by atoms with Crippen molar-refractivity contribution < 1.29 is 0 Å². The molecule has 3 heterocycles. The molecule has 0 spiro atoms. The van der Waals surface area contributed by atoms with Crippen LogP contribution in [-0.2, 0) is 12.8 Å². The number of hydrogen-bond acceptors (Lipinski definition) is 5. The lowest BCUT2D eigenvalue weighted by Gasteiger charge is -2.30. The maximum Gasteiger partial charge on any atom is 0.141 e. The predicted octanol–water partition coefficient (Wildman–Crippen LogP) is 4.46. The van der Waals surface area contributed by atoms with E-state index in [1.165, 1.54) is 28.7 Å². The lowest BCUT2D eigenvalue weighted by Crippen LogP contribution is -2.34. The quantitative estimate of drug-likeness (QED) is 0.692. The van der Waals surface area contributed by atoms with Crippen LogP contribution in [0.4, 0.5) is 5.82 Å². The molecule has 1 fully saturated rings. The lowest BCUT2D eigenvalue weighted by atomic mass is 9.91. The Labute approximate surface area is 157 Å². The third-order valence-corrected chi connectivity index (χ3v) is 6.93. The highest BCUT2D eigenvalue weighted by Gasteiger charge is 2.35. The second kappa shape index (κ2) is 6.37. The number of thiophene rings is 1. The summed E-state index contributed by atoms with van der Waals surface area (Å²) in [6.07, 6.45) is 7.37. The van der Waals surface area contributed by atoms with E-state index in [4.69, 9.17) is 4.98 Å². The van der Waals surface area contributed by atoms with Crippen molar-refractivity contribution in [1.29, 1.82) is 5.26 Å². The van der Waals surface area contributed by atoms with E-state index in [2.05, 4.69) is 28.1 Å². The van der Waals surface area contributed by atoms with Gasteiger partial charge in [-0.05, 0) is 43.2 Å². The normalized spacial score (nSPS) is 20.3. The maximum atomic E-state index is 9.93. The first-order valence-corrected chi connectivity index (χ1v) is 10.1. The van der Waals surface area contributed by atoms with Gasteiger partial charge in [-0.15, -0.1) is 11.3 Å². The van der Waals surface area contributed by atoms with E-state index in [0.29, 0.717) is 0 Å². The molecule has 5 heteroatoms. The number of nitriles is 1. The molecule has 0 bridgehead atoms. The summed E-state index contributed by atoms with van der Waals surface area (Å²) in [6.45, 7) is 0.965. The van der Waals surface area contributed by atoms with Gasteiger partial charge in [-0.25, -0.2) is 9.97 Å². The molecule has 1 aliphatic heterocycles. The second-order valence-corrected chi connectivity index (χ2v) is 8.24. The molecule has 2 unspecified atom stereocenters.